The van der Waals surface area contributed by atoms with E-state index in [0.717, 1.165) is 28.4 Å². The molecule has 0 atom stereocenters. The number of aromatic nitrogens is 2. The summed E-state index contributed by atoms with van der Waals surface area (Å²) in [6.07, 6.45) is 1.78. The van der Waals surface area contributed by atoms with Crippen LogP contribution in [0.3, 0.4) is 0 Å². The van der Waals surface area contributed by atoms with E-state index in [1.54, 1.807) is 20.4 Å². The van der Waals surface area contributed by atoms with Gasteiger partial charge in [0.1, 0.15) is 11.5 Å². The van der Waals surface area contributed by atoms with Crippen LogP contribution in [0.4, 0.5) is 0 Å². The summed E-state index contributed by atoms with van der Waals surface area (Å²) in [7, 11) is 3.30. The van der Waals surface area contributed by atoms with E-state index >= 15 is 0 Å². The minimum atomic E-state index is 0.757. The fraction of sp³-hybridized carbons (Fsp3) is 0.118. The normalized spacial score (nSPS) is 10.4. The smallest absolute Gasteiger partial charge is 0.131 e. The SMILES string of the molecule is COc1ccc(-c2ccnn2-c2ccccc2)c(OC)c1. The maximum atomic E-state index is 5.48. The van der Waals surface area contributed by atoms with Gasteiger partial charge in [-0.2, -0.15) is 5.10 Å². The van der Waals surface area contributed by atoms with Gasteiger partial charge in [0.2, 0.25) is 0 Å². The first-order valence-electron chi connectivity index (χ1n) is 6.65. The zero-order valence-corrected chi connectivity index (χ0v) is 12.0. The van der Waals surface area contributed by atoms with E-state index in [9.17, 15) is 0 Å². The van der Waals surface area contributed by atoms with E-state index in [4.69, 9.17) is 9.47 Å². The maximum Gasteiger partial charge on any atom is 0.131 e. The first-order chi connectivity index (χ1) is 10.3. The molecule has 0 aliphatic heterocycles. The van der Waals surface area contributed by atoms with Gasteiger partial charge in [0.25, 0.3) is 0 Å². The van der Waals surface area contributed by atoms with Gasteiger partial charge in [0.15, 0.2) is 0 Å². The molecule has 3 aromatic rings. The van der Waals surface area contributed by atoms with E-state index in [1.165, 1.54) is 0 Å². The van der Waals surface area contributed by atoms with Gasteiger partial charge in [-0.05, 0) is 30.3 Å². The minimum Gasteiger partial charge on any atom is -0.497 e. The van der Waals surface area contributed by atoms with Crippen molar-refractivity contribution in [3.63, 3.8) is 0 Å². The molecule has 0 aliphatic carbocycles. The topological polar surface area (TPSA) is 36.3 Å². The molecule has 21 heavy (non-hydrogen) atoms. The number of methoxy groups -OCH3 is 2. The summed E-state index contributed by atoms with van der Waals surface area (Å²) in [5.41, 5.74) is 2.95. The number of rotatable bonds is 4. The molecule has 106 valence electrons. The van der Waals surface area contributed by atoms with E-state index in [2.05, 4.69) is 5.10 Å². The quantitative estimate of drug-likeness (QED) is 0.733. The van der Waals surface area contributed by atoms with E-state index in [0.29, 0.717) is 0 Å². The number of nitrogens with zero attached hydrogens (tertiary/aromatic N) is 2. The molecule has 4 heteroatoms. The Kier molecular flexibility index (Phi) is 3.60. The zero-order chi connectivity index (χ0) is 14.7. The molecule has 0 bridgehead atoms. The number of para-hydroxylation sites is 1. The summed E-state index contributed by atoms with van der Waals surface area (Å²) in [5, 5.41) is 4.41. The van der Waals surface area contributed by atoms with Gasteiger partial charge in [-0.25, -0.2) is 4.68 Å². The van der Waals surface area contributed by atoms with Crippen molar-refractivity contribution < 1.29 is 9.47 Å². The number of benzene rings is 2. The Hall–Kier alpha value is -2.75. The monoisotopic (exact) mass is 280 g/mol. The predicted octanol–water partition coefficient (Wildman–Crippen LogP) is 3.56. The Labute approximate surface area is 123 Å². The highest BCUT2D eigenvalue weighted by atomic mass is 16.5. The van der Waals surface area contributed by atoms with Gasteiger partial charge >= 0.3 is 0 Å². The number of hydrogen-bond donors (Lipinski definition) is 0. The first kappa shape index (κ1) is 13.2. The molecule has 0 aliphatic rings. The Balaban J connectivity index is 2.12. The Bertz CT molecular complexity index is 736. The molecule has 0 radical (unpaired) electrons. The highest BCUT2D eigenvalue weighted by Gasteiger charge is 2.13. The van der Waals surface area contributed by atoms with E-state index < -0.39 is 0 Å². The van der Waals surface area contributed by atoms with Gasteiger partial charge < -0.3 is 9.47 Å². The lowest BCUT2D eigenvalue weighted by atomic mass is 10.1. The molecule has 0 unspecified atom stereocenters. The zero-order valence-electron chi connectivity index (χ0n) is 12.0. The second-order valence-corrected chi connectivity index (χ2v) is 4.53. The second-order valence-electron chi connectivity index (χ2n) is 4.53. The standard InChI is InChI=1S/C17H16N2O2/c1-20-14-8-9-15(17(12-14)21-2)16-10-11-18-19(16)13-6-4-3-5-7-13/h3-12H,1-2H3. The van der Waals surface area contributed by atoms with Crippen LogP contribution in [0.5, 0.6) is 11.5 Å². The van der Waals surface area contributed by atoms with Gasteiger partial charge in [0, 0.05) is 11.6 Å². The van der Waals surface area contributed by atoms with Crippen LogP contribution >= 0.6 is 0 Å². The lowest BCUT2D eigenvalue weighted by Gasteiger charge is -2.12. The van der Waals surface area contributed by atoms with Crippen molar-refractivity contribution in [2.24, 2.45) is 0 Å². The highest BCUT2D eigenvalue weighted by Crippen LogP contribution is 2.34. The fourth-order valence-electron chi connectivity index (χ4n) is 2.29. The van der Waals surface area contributed by atoms with Crippen molar-refractivity contribution in [3.8, 4) is 28.4 Å². The highest BCUT2D eigenvalue weighted by molar-refractivity contribution is 5.70. The number of ether oxygens (including phenoxy) is 2. The average molecular weight is 280 g/mol. The molecule has 1 heterocycles. The Morgan fingerprint density at radius 1 is 0.905 bits per heavy atom. The van der Waals surface area contributed by atoms with Crippen LogP contribution in [0.25, 0.3) is 16.9 Å². The van der Waals surface area contributed by atoms with Crippen LogP contribution in [-0.4, -0.2) is 24.0 Å². The molecule has 1 aromatic heterocycles. The molecule has 3 rings (SSSR count). The van der Waals surface area contributed by atoms with Crippen molar-refractivity contribution in [2.45, 2.75) is 0 Å². The van der Waals surface area contributed by atoms with Crippen molar-refractivity contribution in [3.05, 3.63) is 60.8 Å². The summed E-state index contributed by atoms with van der Waals surface area (Å²) in [4.78, 5) is 0. The van der Waals surface area contributed by atoms with Crippen LogP contribution in [-0.2, 0) is 0 Å². The summed E-state index contributed by atoms with van der Waals surface area (Å²) >= 11 is 0. The average Bonchev–Trinajstić information content (AvgIpc) is 3.04. The lowest BCUT2D eigenvalue weighted by molar-refractivity contribution is 0.395. The van der Waals surface area contributed by atoms with Crippen molar-refractivity contribution in [1.82, 2.24) is 9.78 Å². The summed E-state index contributed by atoms with van der Waals surface area (Å²) in [6, 6.07) is 17.8. The van der Waals surface area contributed by atoms with Crippen LogP contribution in [0.1, 0.15) is 0 Å². The molecule has 0 spiro atoms. The van der Waals surface area contributed by atoms with Crippen molar-refractivity contribution in [2.75, 3.05) is 14.2 Å². The van der Waals surface area contributed by atoms with Crippen LogP contribution in [0.15, 0.2) is 60.8 Å². The largest absolute Gasteiger partial charge is 0.497 e. The van der Waals surface area contributed by atoms with Gasteiger partial charge in [-0.3, -0.25) is 0 Å². The fourth-order valence-corrected chi connectivity index (χ4v) is 2.29. The van der Waals surface area contributed by atoms with Crippen molar-refractivity contribution >= 4 is 0 Å². The number of hydrogen-bond acceptors (Lipinski definition) is 3. The van der Waals surface area contributed by atoms with Crippen molar-refractivity contribution in [1.29, 1.82) is 0 Å². The molecule has 0 N–H and O–H groups in total. The summed E-state index contributed by atoms with van der Waals surface area (Å²) < 4.78 is 12.6. The molecular formula is C17H16N2O2. The third-order valence-corrected chi connectivity index (χ3v) is 3.33. The van der Waals surface area contributed by atoms with Crippen LogP contribution < -0.4 is 9.47 Å². The van der Waals surface area contributed by atoms with Crippen LogP contribution in [0, 0.1) is 0 Å². The molecule has 0 saturated carbocycles. The summed E-state index contributed by atoms with van der Waals surface area (Å²) in [5.74, 6) is 1.52. The first-order valence-corrected chi connectivity index (χ1v) is 6.65. The third-order valence-electron chi connectivity index (χ3n) is 3.33. The molecule has 4 nitrogen and oxygen atoms in total. The van der Waals surface area contributed by atoms with E-state index in [1.807, 2.05) is 59.3 Å². The molecule has 0 fully saturated rings. The Morgan fingerprint density at radius 3 is 2.43 bits per heavy atom. The maximum absolute atomic E-state index is 5.48. The van der Waals surface area contributed by atoms with Gasteiger partial charge in [-0.1, -0.05) is 18.2 Å². The molecule has 0 saturated heterocycles. The predicted molar refractivity (Wildman–Crippen MR) is 82.1 cm³/mol. The van der Waals surface area contributed by atoms with Gasteiger partial charge in [-0.15, -0.1) is 0 Å². The lowest BCUT2D eigenvalue weighted by Crippen LogP contribution is -2.00. The minimum absolute atomic E-state index is 0.757. The van der Waals surface area contributed by atoms with E-state index in [-0.39, 0.29) is 0 Å². The molecule has 0 amide bonds. The molecule has 2 aromatic carbocycles. The summed E-state index contributed by atoms with van der Waals surface area (Å²) in [6.45, 7) is 0. The second kappa shape index (κ2) is 5.71. The third kappa shape index (κ3) is 2.48. The van der Waals surface area contributed by atoms with Gasteiger partial charge in [0.05, 0.1) is 31.8 Å². The van der Waals surface area contributed by atoms with Crippen LogP contribution in [0.2, 0.25) is 0 Å². The Morgan fingerprint density at radius 2 is 1.71 bits per heavy atom. The molecular weight excluding hydrogens is 264 g/mol.